The zero-order valence-electron chi connectivity index (χ0n) is 9.03. The second kappa shape index (κ2) is 8.22. The van der Waals surface area contributed by atoms with Crippen LogP contribution in [0.2, 0.25) is 0 Å². The first-order chi connectivity index (χ1) is 7.88. The summed E-state index contributed by atoms with van der Waals surface area (Å²) in [6.07, 6.45) is 1.61. The molecule has 0 nitrogen and oxygen atoms in total. The minimum Gasteiger partial charge on any atom is -0.178 e. The minimum atomic E-state index is 0.792. The largest absolute Gasteiger partial charge is 0.178 e. The Morgan fingerprint density at radius 1 is 0.812 bits per heavy atom. The summed E-state index contributed by atoms with van der Waals surface area (Å²) in [4.78, 5) is 0. The molecular formula is C14H14S2. The standard InChI is InChI=1S/C14H14S2/c15-11-5-3-9-13-7-1-2-8-14(13)10-4-6-12-16/h1-2,7-8,15-16H,5-6,11-12H2. The van der Waals surface area contributed by atoms with Crippen molar-refractivity contribution >= 4 is 25.3 Å². The van der Waals surface area contributed by atoms with E-state index >= 15 is 0 Å². The molecule has 0 radical (unpaired) electrons. The van der Waals surface area contributed by atoms with Gasteiger partial charge in [0.25, 0.3) is 0 Å². The summed E-state index contributed by atoms with van der Waals surface area (Å²) < 4.78 is 0. The Kier molecular flexibility index (Phi) is 6.74. The lowest BCUT2D eigenvalue weighted by atomic mass is 10.1. The number of benzene rings is 1. The molecule has 0 spiro atoms. The molecule has 0 aliphatic carbocycles. The lowest BCUT2D eigenvalue weighted by Gasteiger charge is -1.94. The molecule has 0 aliphatic heterocycles. The van der Waals surface area contributed by atoms with Gasteiger partial charge in [0.2, 0.25) is 0 Å². The molecule has 0 N–H and O–H groups in total. The molecule has 0 atom stereocenters. The number of hydrogen-bond donors (Lipinski definition) is 2. The van der Waals surface area contributed by atoms with E-state index in [1.54, 1.807) is 0 Å². The van der Waals surface area contributed by atoms with Gasteiger partial charge >= 0.3 is 0 Å². The molecule has 1 aromatic carbocycles. The molecule has 1 aromatic rings. The highest BCUT2D eigenvalue weighted by Crippen LogP contribution is 2.05. The summed E-state index contributed by atoms with van der Waals surface area (Å²) >= 11 is 8.25. The fourth-order valence-electron chi connectivity index (χ4n) is 1.13. The summed E-state index contributed by atoms with van der Waals surface area (Å²) in [7, 11) is 0. The van der Waals surface area contributed by atoms with E-state index in [0.717, 1.165) is 35.5 Å². The Hall–Kier alpha value is -0.960. The first-order valence-electron chi connectivity index (χ1n) is 5.17. The van der Waals surface area contributed by atoms with Crippen molar-refractivity contribution in [2.75, 3.05) is 11.5 Å². The van der Waals surface area contributed by atoms with Gasteiger partial charge in [0.15, 0.2) is 0 Å². The lowest BCUT2D eigenvalue weighted by Crippen LogP contribution is -1.83. The Morgan fingerprint density at radius 2 is 1.25 bits per heavy atom. The van der Waals surface area contributed by atoms with Crippen molar-refractivity contribution in [3.05, 3.63) is 35.4 Å². The SMILES string of the molecule is SCCC#Cc1ccccc1C#CCCS. The van der Waals surface area contributed by atoms with Crippen LogP contribution in [0, 0.1) is 23.7 Å². The fourth-order valence-corrected chi connectivity index (χ4v) is 1.35. The van der Waals surface area contributed by atoms with Crippen molar-refractivity contribution < 1.29 is 0 Å². The monoisotopic (exact) mass is 246 g/mol. The number of hydrogen-bond acceptors (Lipinski definition) is 2. The van der Waals surface area contributed by atoms with Crippen molar-refractivity contribution in [1.82, 2.24) is 0 Å². The molecule has 0 aliphatic rings. The fraction of sp³-hybridized carbons (Fsp3) is 0.286. The van der Waals surface area contributed by atoms with Gasteiger partial charge in [-0.15, -0.1) is 0 Å². The molecule has 0 heterocycles. The third-order valence-electron chi connectivity index (χ3n) is 1.85. The summed E-state index contributed by atoms with van der Waals surface area (Å²) in [5.74, 6) is 14.0. The van der Waals surface area contributed by atoms with Crippen LogP contribution < -0.4 is 0 Å². The summed E-state index contributed by atoms with van der Waals surface area (Å²) in [6, 6.07) is 7.95. The van der Waals surface area contributed by atoms with Gasteiger partial charge < -0.3 is 0 Å². The third-order valence-corrected chi connectivity index (χ3v) is 2.29. The van der Waals surface area contributed by atoms with Crippen molar-refractivity contribution in [2.24, 2.45) is 0 Å². The van der Waals surface area contributed by atoms with Gasteiger partial charge in [-0.1, -0.05) is 35.8 Å². The molecule has 0 aromatic heterocycles. The van der Waals surface area contributed by atoms with E-state index < -0.39 is 0 Å². The van der Waals surface area contributed by atoms with Crippen molar-refractivity contribution in [3.8, 4) is 23.7 Å². The predicted octanol–water partition coefficient (Wildman–Crippen LogP) is 3.03. The maximum absolute atomic E-state index is 4.12. The lowest BCUT2D eigenvalue weighted by molar-refractivity contribution is 1.31. The van der Waals surface area contributed by atoms with Gasteiger partial charge in [-0.2, -0.15) is 25.3 Å². The maximum Gasteiger partial charge on any atom is 0.0401 e. The van der Waals surface area contributed by atoms with E-state index in [1.807, 2.05) is 24.3 Å². The molecule has 0 saturated heterocycles. The van der Waals surface area contributed by atoms with Crippen LogP contribution in [0.3, 0.4) is 0 Å². The third kappa shape index (κ3) is 4.71. The number of thiol groups is 2. The first kappa shape index (κ1) is 13.1. The Morgan fingerprint density at radius 3 is 1.62 bits per heavy atom. The van der Waals surface area contributed by atoms with Gasteiger partial charge in [0.05, 0.1) is 0 Å². The van der Waals surface area contributed by atoms with E-state index in [9.17, 15) is 0 Å². The average molecular weight is 246 g/mol. The minimum absolute atomic E-state index is 0.792. The second-order valence-corrected chi connectivity index (χ2v) is 3.99. The van der Waals surface area contributed by atoms with Gasteiger partial charge in [0.1, 0.15) is 0 Å². The van der Waals surface area contributed by atoms with E-state index in [2.05, 4.69) is 48.9 Å². The topological polar surface area (TPSA) is 0 Å². The van der Waals surface area contributed by atoms with E-state index in [4.69, 9.17) is 0 Å². The highest BCUT2D eigenvalue weighted by molar-refractivity contribution is 7.80. The van der Waals surface area contributed by atoms with Crippen LogP contribution in [-0.4, -0.2) is 11.5 Å². The molecule has 82 valence electrons. The zero-order chi connectivity index (χ0) is 11.6. The molecule has 16 heavy (non-hydrogen) atoms. The van der Waals surface area contributed by atoms with Crippen LogP contribution in [0.1, 0.15) is 24.0 Å². The van der Waals surface area contributed by atoms with Crippen LogP contribution in [0.15, 0.2) is 24.3 Å². The molecule has 0 fully saturated rings. The highest BCUT2D eigenvalue weighted by Gasteiger charge is 1.93. The highest BCUT2D eigenvalue weighted by atomic mass is 32.1. The van der Waals surface area contributed by atoms with E-state index in [0.29, 0.717) is 0 Å². The van der Waals surface area contributed by atoms with Crippen molar-refractivity contribution in [3.63, 3.8) is 0 Å². The smallest absolute Gasteiger partial charge is 0.0401 e. The van der Waals surface area contributed by atoms with E-state index in [-0.39, 0.29) is 0 Å². The zero-order valence-corrected chi connectivity index (χ0v) is 10.8. The Balaban J connectivity index is 2.86. The van der Waals surface area contributed by atoms with Crippen LogP contribution in [0.4, 0.5) is 0 Å². The summed E-state index contributed by atoms with van der Waals surface area (Å²) in [6.45, 7) is 0. The Bertz CT molecular complexity index is 398. The van der Waals surface area contributed by atoms with Crippen LogP contribution in [-0.2, 0) is 0 Å². The predicted molar refractivity (Wildman–Crippen MR) is 77.1 cm³/mol. The van der Waals surface area contributed by atoms with Gasteiger partial charge in [-0.25, -0.2) is 0 Å². The second-order valence-electron chi connectivity index (χ2n) is 3.10. The molecule has 0 saturated carbocycles. The van der Waals surface area contributed by atoms with Gasteiger partial charge in [-0.05, 0) is 12.1 Å². The van der Waals surface area contributed by atoms with Gasteiger partial charge in [-0.3, -0.25) is 0 Å². The maximum atomic E-state index is 4.12. The Labute approximate surface area is 109 Å². The molecular weight excluding hydrogens is 232 g/mol. The van der Waals surface area contributed by atoms with Crippen molar-refractivity contribution in [2.45, 2.75) is 12.8 Å². The molecule has 0 unspecified atom stereocenters. The van der Waals surface area contributed by atoms with E-state index in [1.165, 1.54) is 0 Å². The molecule has 0 amide bonds. The van der Waals surface area contributed by atoms with Crippen LogP contribution in [0.25, 0.3) is 0 Å². The quantitative estimate of drug-likeness (QED) is 0.581. The summed E-state index contributed by atoms with van der Waals surface area (Å²) in [5.41, 5.74) is 1.99. The normalized spacial score (nSPS) is 8.62. The molecule has 0 bridgehead atoms. The molecule has 2 heteroatoms. The first-order valence-corrected chi connectivity index (χ1v) is 6.43. The van der Waals surface area contributed by atoms with Crippen LogP contribution in [0.5, 0.6) is 0 Å². The number of rotatable bonds is 2. The van der Waals surface area contributed by atoms with Crippen molar-refractivity contribution in [1.29, 1.82) is 0 Å². The summed E-state index contributed by atoms with van der Waals surface area (Å²) in [5, 5.41) is 0. The van der Waals surface area contributed by atoms with Gasteiger partial charge in [0, 0.05) is 35.5 Å². The molecule has 1 rings (SSSR count). The average Bonchev–Trinajstić information content (AvgIpc) is 2.32. The van der Waals surface area contributed by atoms with Crippen LogP contribution >= 0.6 is 25.3 Å².